The van der Waals surface area contributed by atoms with E-state index in [1.54, 1.807) is 4.40 Å². The van der Waals surface area contributed by atoms with Crippen LogP contribution in [0.1, 0.15) is 0 Å². The van der Waals surface area contributed by atoms with Crippen LogP contribution >= 0.6 is 35.0 Å². The number of fused-ring (bicyclic) bond motifs is 3. The topological polar surface area (TPSA) is 37.3 Å². The van der Waals surface area contributed by atoms with E-state index in [1.807, 2.05) is 78.9 Å². The lowest BCUT2D eigenvalue weighted by Crippen LogP contribution is -2.15. The lowest BCUT2D eigenvalue weighted by Gasteiger charge is -2.11. The van der Waals surface area contributed by atoms with E-state index in [0.717, 1.165) is 32.7 Å². The first-order chi connectivity index (χ1) is 14.1. The summed E-state index contributed by atoms with van der Waals surface area (Å²) in [6, 6.07) is 24.8. The maximum atomic E-state index is 13.6. The molecule has 2 aromatic heterocycles. The number of halogens is 2. The zero-order chi connectivity index (χ0) is 20.0. The highest BCUT2D eigenvalue weighted by molar-refractivity contribution is 7.99. The van der Waals surface area contributed by atoms with E-state index in [0.29, 0.717) is 14.9 Å². The second kappa shape index (κ2) is 7.30. The molecule has 0 amide bonds. The second-order valence-corrected chi connectivity index (χ2v) is 8.57. The number of aromatic amines is 1. The van der Waals surface area contributed by atoms with Crippen molar-refractivity contribution in [2.24, 2.45) is 0 Å². The predicted molar refractivity (Wildman–Crippen MR) is 122 cm³/mol. The van der Waals surface area contributed by atoms with E-state index in [9.17, 15) is 4.79 Å². The van der Waals surface area contributed by atoms with Crippen molar-refractivity contribution >= 4 is 51.6 Å². The second-order valence-electron chi connectivity index (χ2n) is 6.62. The molecule has 0 aliphatic heterocycles. The van der Waals surface area contributed by atoms with Crippen molar-refractivity contribution in [3.8, 4) is 11.1 Å². The van der Waals surface area contributed by atoms with Gasteiger partial charge in [0.05, 0.1) is 15.9 Å². The third-order valence-electron chi connectivity index (χ3n) is 4.76. The highest BCUT2D eigenvalue weighted by Gasteiger charge is 2.17. The van der Waals surface area contributed by atoms with E-state index in [4.69, 9.17) is 23.2 Å². The molecule has 0 fully saturated rings. The zero-order valence-corrected chi connectivity index (χ0v) is 17.4. The van der Waals surface area contributed by atoms with Crippen LogP contribution in [-0.2, 0) is 0 Å². The Hall–Kier alpha value is -2.66. The van der Waals surface area contributed by atoms with E-state index in [2.05, 4.69) is 4.98 Å². The molecule has 0 unspecified atom stereocenters. The number of nitrogens with zero attached hydrogens (tertiary/aromatic N) is 1. The molecular formula is C23H14Cl2N2OS. The first kappa shape index (κ1) is 18.4. The smallest absolute Gasteiger partial charge is 0.271 e. The number of aromatic nitrogens is 2. The van der Waals surface area contributed by atoms with Gasteiger partial charge in [0.1, 0.15) is 5.65 Å². The van der Waals surface area contributed by atoms with Gasteiger partial charge in [-0.2, -0.15) is 0 Å². The molecular weight excluding hydrogens is 423 g/mol. The number of rotatable bonds is 3. The van der Waals surface area contributed by atoms with E-state index >= 15 is 0 Å². The lowest BCUT2D eigenvalue weighted by atomic mass is 10.1. The fourth-order valence-corrected chi connectivity index (χ4v) is 4.62. The molecule has 0 aliphatic rings. The maximum absolute atomic E-state index is 13.6. The average Bonchev–Trinajstić information content (AvgIpc) is 3.11. The highest BCUT2D eigenvalue weighted by Crippen LogP contribution is 2.36. The third-order valence-corrected chi connectivity index (χ3v) is 6.37. The summed E-state index contributed by atoms with van der Waals surface area (Å²) in [5.74, 6) is 0. The van der Waals surface area contributed by atoms with Gasteiger partial charge in [-0.3, -0.25) is 9.20 Å². The minimum atomic E-state index is -0.0650. The average molecular weight is 437 g/mol. The normalized spacial score (nSPS) is 11.4. The Balaban J connectivity index is 1.80. The van der Waals surface area contributed by atoms with Gasteiger partial charge in [0, 0.05) is 20.5 Å². The van der Waals surface area contributed by atoms with Crippen molar-refractivity contribution in [2.75, 3.05) is 0 Å². The zero-order valence-electron chi connectivity index (χ0n) is 15.0. The molecule has 5 aromatic rings. The van der Waals surface area contributed by atoms with Crippen molar-refractivity contribution in [3.05, 3.63) is 99.3 Å². The highest BCUT2D eigenvalue weighted by atomic mass is 35.5. The van der Waals surface area contributed by atoms with Crippen LogP contribution in [0.5, 0.6) is 0 Å². The molecule has 142 valence electrons. The molecule has 3 nitrogen and oxygen atoms in total. The molecule has 0 radical (unpaired) electrons. The molecule has 0 atom stereocenters. The summed E-state index contributed by atoms with van der Waals surface area (Å²) >= 11 is 13.5. The van der Waals surface area contributed by atoms with Gasteiger partial charge in [-0.25, -0.2) is 0 Å². The minimum Gasteiger partial charge on any atom is -0.340 e. The SMILES string of the molecule is O=c1c(Sc2ccc(Cl)cc2)c(-c2ccc(Cl)cc2)cc2[nH]c3ccccc3n12. The Bertz CT molecular complexity index is 1400. The molecule has 0 saturated heterocycles. The van der Waals surface area contributed by atoms with Gasteiger partial charge in [0.25, 0.3) is 5.56 Å². The molecule has 3 aromatic carbocycles. The molecule has 1 N–H and O–H groups in total. The first-order valence-electron chi connectivity index (χ1n) is 8.96. The van der Waals surface area contributed by atoms with Gasteiger partial charge in [0.15, 0.2) is 0 Å². The monoisotopic (exact) mass is 436 g/mol. The number of hydrogen-bond acceptors (Lipinski definition) is 2. The summed E-state index contributed by atoms with van der Waals surface area (Å²) in [5, 5.41) is 1.32. The molecule has 0 aliphatic carbocycles. The van der Waals surface area contributed by atoms with Crippen molar-refractivity contribution < 1.29 is 0 Å². The number of hydrogen-bond donors (Lipinski definition) is 1. The Morgan fingerprint density at radius 1 is 0.828 bits per heavy atom. The van der Waals surface area contributed by atoms with Crippen LogP contribution in [0.2, 0.25) is 10.0 Å². The summed E-state index contributed by atoms with van der Waals surface area (Å²) in [5.41, 5.74) is 4.25. The number of H-pyrrole nitrogens is 1. The molecule has 5 rings (SSSR count). The van der Waals surface area contributed by atoms with Crippen LogP contribution in [0.15, 0.2) is 93.4 Å². The molecule has 0 spiro atoms. The standard InChI is InChI=1S/C23H14Cl2N2OS/c24-15-7-5-14(6-8-15)18-13-21-26-19-3-1-2-4-20(19)27(21)23(28)22(18)29-17-11-9-16(25)10-12-17/h1-13,26H. The molecule has 29 heavy (non-hydrogen) atoms. The summed E-state index contributed by atoms with van der Waals surface area (Å²) in [4.78, 5) is 18.6. The van der Waals surface area contributed by atoms with Crippen LogP contribution in [-0.4, -0.2) is 9.38 Å². The Morgan fingerprint density at radius 2 is 1.48 bits per heavy atom. The van der Waals surface area contributed by atoms with E-state index in [1.165, 1.54) is 11.8 Å². The Morgan fingerprint density at radius 3 is 2.21 bits per heavy atom. The maximum Gasteiger partial charge on any atom is 0.271 e. The van der Waals surface area contributed by atoms with Gasteiger partial charge < -0.3 is 4.98 Å². The van der Waals surface area contributed by atoms with Gasteiger partial charge in [0.2, 0.25) is 0 Å². The van der Waals surface area contributed by atoms with Gasteiger partial charge >= 0.3 is 0 Å². The third kappa shape index (κ3) is 3.33. The van der Waals surface area contributed by atoms with E-state index < -0.39 is 0 Å². The largest absolute Gasteiger partial charge is 0.340 e. The molecule has 6 heteroatoms. The van der Waals surface area contributed by atoms with Crippen molar-refractivity contribution in [2.45, 2.75) is 9.79 Å². The fraction of sp³-hybridized carbons (Fsp3) is 0. The molecule has 2 heterocycles. The number of para-hydroxylation sites is 2. The summed E-state index contributed by atoms with van der Waals surface area (Å²) < 4.78 is 1.73. The quantitative estimate of drug-likeness (QED) is 0.333. The van der Waals surface area contributed by atoms with Crippen LogP contribution in [0.3, 0.4) is 0 Å². The van der Waals surface area contributed by atoms with Crippen molar-refractivity contribution in [1.82, 2.24) is 9.38 Å². The number of imidazole rings is 1. The predicted octanol–water partition coefficient (Wildman–Crippen LogP) is 6.91. The van der Waals surface area contributed by atoms with Gasteiger partial charge in [-0.05, 0) is 60.2 Å². The van der Waals surface area contributed by atoms with Crippen LogP contribution in [0, 0.1) is 0 Å². The van der Waals surface area contributed by atoms with Crippen LogP contribution in [0.4, 0.5) is 0 Å². The number of pyridine rings is 1. The number of benzene rings is 3. The van der Waals surface area contributed by atoms with Crippen LogP contribution in [0.25, 0.3) is 27.8 Å². The Labute approximate surface area is 180 Å². The summed E-state index contributed by atoms with van der Waals surface area (Å²) in [6.45, 7) is 0. The fourth-order valence-electron chi connectivity index (χ4n) is 3.40. The molecule has 0 saturated carbocycles. The summed E-state index contributed by atoms with van der Waals surface area (Å²) in [6.07, 6.45) is 0. The van der Waals surface area contributed by atoms with E-state index in [-0.39, 0.29) is 5.56 Å². The molecule has 0 bridgehead atoms. The lowest BCUT2D eigenvalue weighted by molar-refractivity contribution is 1.08. The summed E-state index contributed by atoms with van der Waals surface area (Å²) in [7, 11) is 0. The minimum absolute atomic E-state index is 0.0650. The van der Waals surface area contributed by atoms with Gasteiger partial charge in [-0.15, -0.1) is 0 Å². The van der Waals surface area contributed by atoms with Crippen LogP contribution < -0.4 is 5.56 Å². The first-order valence-corrected chi connectivity index (χ1v) is 10.5. The Kier molecular flexibility index (Phi) is 4.63. The van der Waals surface area contributed by atoms with Crippen molar-refractivity contribution in [3.63, 3.8) is 0 Å². The van der Waals surface area contributed by atoms with Crippen molar-refractivity contribution in [1.29, 1.82) is 0 Å². The number of nitrogens with one attached hydrogen (secondary N) is 1. The van der Waals surface area contributed by atoms with Gasteiger partial charge in [-0.1, -0.05) is 59.2 Å².